The molecular weight excluding hydrogens is 512 g/mol. The molecule has 1 aromatic carbocycles. The van der Waals surface area contributed by atoms with Gasteiger partial charge in [0, 0.05) is 51.1 Å². The largest absolute Gasteiger partial charge is 0.456 e. The molecule has 5 aromatic rings. The smallest absolute Gasteiger partial charge is 0.148 e. The minimum atomic E-state index is 0.0889. The van der Waals surface area contributed by atoms with Gasteiger partial charge in [-0.05, 0) is 54.8 Å². The number of ether oxygens (including phenoxy) is 2. The first-order chi connectivity index (χ1) is 19.0. The lowest BCUT2D eigenvalue weighted by Crippen LogP contribution is -2.18. The Hall–Kier alpha value is -3.92. The monoisotopic (exact) mass is 542 g/mol. The Morgan fingerprint density at radius 1 is 1.05 bits per heavy atom. The number of nitrogens with zero attached hydrogens (tertiary/aromatic N) is 3. The minimum absolute atomic E-state index is 0.0889. The number of carbonyl (C=O) groups excluding carboxylic acids is 1. The van der Waals surface area contributed by atoms with Crippen LogP contribution in [0, 0.1) is 13.8 Å². The molecule has 0 aliphatic heterocycles. The van der Waals surface area contributed by atoms with Crippen LogP contribution in [0.4, 0.5) is 0 Å². The highest BCUT2D eigenvalue weighted by molar-refractivity contribution is 7.22. The molecule has 1 N–H and O–H groups in total. The highest BCUT2D eigenvalue weighted by Gasteiger charge is 2.14. The zero-order valence-electron chi connectivity index (χ0n) is 22.2. The van der Waals surface area contributed by atoms with Crippen molar-refractivity contribution in [2.24, 2.45) is 0 Å². The highest BCUT2D eigenvalue weighted by Crippen LogP contribution is 2.38. The zero-order chi connectivity index (χ0) is 27.2. The summed E-state index contributed by atoms with van der Waals surface area (Å²) in [5.74, 6) is 2.24. The van der Waals surface area contributed by atoms with E-state index in [-0.39, 0.29) is 12.2 Å². The van der Waals surface area contributed by atoms with E-state index >= 15 is 0 Å². The van der Waals surface area contributed by atoms with Crippen LogP contribution in [0.15, 0.2) is 65.4 Å². The van der Waals surface area contributed by atoms with Gasteiger partial charge < -0.3 is 19.3 Å². The van der Waals surface area contributed by atoms with Gasteiger partial charge in [-0.25, -0.2) is 0 Å². The number of hydrogen-bond donors (Lipinski definition) is 1. The number of rotatable bonds is 12. The van der Waals surface area contributed by atoms with Crippen LogP contribution in [0.1, 0.15) is 28.1 Å². The van der Waals surface area contributed by atoms with E-state index in [1.54, 1.807) is 30.7 Å². The molecule has 5 rings (SSSR count). The van der Waals surface area contributed by atoms with Crippen LogP contribution in [0.3, 0.4) is 0 Å². The number of pyridine rings is 2. The van der Waals surface area contributed by atoms with Crippen LogP contribution < -0.4 is 10.1 Å². The van der Waals surface area contributed by atoms with E-state index in [0.717, 1.165) is 56.3 Å². The van der Waals surface area contributed by atoms with Crippen molar-refractivity contribution < 1.29 is 18.8 Å². The van der Waals surface area contributed by atoms with Gasteiger partial charge in [-0.2, -0.15) is 0 Å². The van der Waals surface area contributed by atoms with Gasteiger partial charge in [0.2, 0.25) is 0 Å². The number of hydrogen-bond acceptors (Lipinski definition) is 9. The summed E-state index contributed by atoms with van der Waals surface area (Å²) in [5, 5.41) is 7.25. The van der Waals surface area contributed by atoms with Gasteiger partial charge in [0.05, 0.1) is 39.5 Å². The number of thiophene rings is 1. The van der Waals surface area contributed by atoms with Crippen molar-refractivity contribution in [3.05, 3.63) is 89.1 Å². The summed E-state index contributed by atoms with van der Waals surface area (Å²) >= 11 is 1.60. The first-order valence-electron chi connectivity index (χ1n) is 12.7. The van der Waals surface area contributed by atoms with Crippen LogP contribution in [-0.4, -0.2) is 41.2 Å². The molecular formula is C30H30N4O4S. The van der Waals surface area contributed by atoms with Crippen LogP contribution >= 0.6 is 11.3 Å². The van der Waals surface area contributed by atoms with Gasteiger partial charge in [0.1, 0.15) is 23.0 Å². The maximum Gasteiger partial charge on any atom is 0.148 e. The Bertz CT molecular complexity index is 1580. The zero-order valence-corrected chi connectivity index (χ0v) is 23.0. The molecule has 39 heavy (non-hydrogen) atoms. The van der Waals surface area contributed by atoms with Gasteiger partial charge in [-0.15, -0.1) is 11.3 Å². The minimum Gasteiger partial charge on any atom is -0.456 e. The molecule has 9 heteroatoms. The third-order valence-electron chi connectivity index (χ3n) is 6.25. The number of Topliss-reactive ketones (excluding diaryl/α,β-unsaturated/α-hetero) is 1. The van der Waals surface area contributed by atoms with Gasteiger partial charge in [0.25, 0.3) is 0 Å². The number of ketones is 1. The molecule has 0 aliphatic carbocycles. The number of benzene rings is 1. The molecule has 0 saturated heterocycles. The Morgan fingerprint density at radius 2 is 1.95 bits per heavy atom. The standard InChI is InChI=1S/C30H30N4O4S/c1-19-12-25(6-5-22(19)14-24(35)15-23-13-20(2)38-34-23)37-28-8-9-32-27-16-29(39-30(27)28)26-7-4-21(18-33-26)17-31-10-11-36-3/h4-9,12-13,16,18,31H,10-11,14-15,17H2,1-3H3. The molecule has 0 fully saturated rings. The molecule has 0 spiro atoms. The summed E-state index contributed by atoms with van der Waals surface area (Å²) in [7, 11) is 1.69. The van der Waals surface area contributed by atoms with Crippen molar-refractivity contribution in [2.75, 3.05) is 20.3 Å². The summed E-state index contributed by atoms with van der Waals surface area (Å²) in [6, 6.07) is 15.6. The summed E-state index contributed by atoms with van der Waals surface area (Å²) in [4.78, 5) is 22.8. The van der Waals surface area contributed by atoms with E-state index in [1.807, 2.05) is 56.4 Å². The fourth-order valence-corrected chi connectivity index (χ4v) is 5.28. The normalized spacial score (nSPS) is 11.3. The van der Waals surface area contributed by atoms with E-state index in [9.17, 15) is 4.79 Å². The van der Waals surface area contributed by atoms with Crippen LogP contribution in [0.2, 0.25) is 0 Å². The molecule has 200 valence electrons. The van der Waals surface area contributed by atoms with E-state index in [0.29, 0.717) is 30.2 Å². The third-order valence-corrected chi connectivity index (χ3v) is 7.41. The van der Waals surface area contributed by atoms with Gasteiger partial charge in [0.15, 0.2) is 0 Å². The van der Waals surface area contributed by atoms with Crippen molar-refractivity contribution in [1.82, 2.24) is 20.4 Å². The van der Waals surface area contributed by atoms with E-state index in [2.05, 4.69) is 26.5 Å². The average molecular weight is 543 g/mol. The predicted octanol–water partition coefficient (Wildman–Crippen LogP) is 5.85. The molecule has 0 unspecified atom stereocenters. The summed E-state index contributed by atoms with van der Waals surface area (Å²) in [5.41, 5.74) is 5.50. The maximum atomic E-state index is 12.5. The molecule has 0 aliphatic rings. The average Bonchev–Trinajstić information content (AvgIpc) is 3.55. The highest BCUT2D eigenvalue weighted by atomic mass is 32.1. The maximum absolute atomic E-state index is 12.5. The van der Waals surface area contributed by atoms with Gasteiger partial charge in [-0.1, -0.05) is 17.3 Å². The lowest BCUT2D eigenvalue weighted by molar-refractivity contribution is -0.117. The van der Waals surface area contributed by atoms with Crippen LogP contribution in [0.5, 0.6) is 11.5 Å². The number of nitrogens with one attached hydrogen (secondary N) is 1. The van der Waals surface area contributed by atoms with E-state index < -0.39 is 0 Å². The second kappa shape index (κ2) is 12.3. The lowest BCUT2D eigenvalue weighted by Gasteiger charge is -2.10. The second-order valence-corrected chi connectivity index (χ2v) is 10.4. The third kappa shape index (κ3) is 6.75. The molecule has 4 aromatic heterocycles. The summed E-state index contributed by atoms with van der Waals surface area (Å²) < 4.78 is 17.4. The number of methoxy groups -OCH3 is 1. The van der Waals surface area contributed by atoms with E-state index in [1.165, 1.54) is 0 Å². The molecule has 4 heterocycles. The Morgan fingerprint density at radius 3 is 2.69 bits per heavy atom. The van der Waals surface area contributed by atoms with E-state index in [4.69, 9.17) is 14.0 Å². The first-order valence-corrected chi connectivity index (χ1v) is 13.5. The Labute approximate surface area is 231 Å². The van der Waals surface area contributed by atoms with Gasteiger partial charge in [-0.3, -0.25) is 14.8 Å². The fourth-order valence-electron chi connectivity index (χ4n) is 4.24. The molecule has 0 saturated carbocycles. The molecule has 8 nitrogen and oxygen atoms in total. The molecule has 0 bridgehead atoms. The van der Waals surface area contributed by atoms with Crippen molar-refractivity contribution in [1.29, 1.82) is 0 Å². The number of aromatic nitrogens is 3. The molecule has 0 radical (unpaired) electrons. The number of fused-ring (bicyclic) bond motifs is 1. The van der Waals surface area contributed by atoms with Crippen molar-refractivity contribution in [3.63, 3.8) is 0 Å². The first kappa shape index (κ1) is 26.7. The summed E-state index contributed by atoms with van der Waals surface area (Å²) in [6.45, 7) is 6.03. The molecule has 0 amide bonds. The van der Waals surface area contributed by atoms with Crippen molar-refractivity contribution in [2.45, 2.75) is 33.2 Å². The van der Waals surface area contributed by atoms with Crippen LogP contribution in [-0.2, 0) is 28.9 Å². The van der Waals surface area contributed by atoms with Crippen molar-refractivity contribution >= 4 is 27.3 Å². The quantitative estimate of drug-likeness (QED) is 0.196. The second-order valence-electron chi connectivity index (χ2n) is 9.37. The SMILES string of the molecule is COCCNCc1ccc(-c2cc3nccc(Oc4ccc(CC(=O)Cc5cc(C)on5)c(C)c4)c3s2)nc1. The lowest BCUT2D eigenvalue weighted by atomic mass is 10.0. The summed E-state index contributed by atoms with van der Waals surface area (Å²) in [6.07, 6.45) is 4.24. The number of carbonyl (C=O) groups is 1. The van der Waals surface area contributed by atoms with Crippen LogP contribution in [0.25, 0.3) is 20.8 Å². The van der Waals surface area contributed by atoms with Gasteiger partial charge >= 0.3 is 0 Å². The fraction of sp³-hybridized carbons (Fsp3) is 0.267. The Kier molecular flexibility index (Phi) is 8.41. The van der Waals surface area contributed by atoms with Crippen molar-refractivity contribution in [3.8, 4) is 22.1 Å². The molecule has 0 atom stereocenters. The predicted molar refractivity (Wildman–Crippen MR) is 151 cm³/mol. The topological polar surface area (TPSA) is 99.4 Å². The Balaban J connectivity index is 1.27. The number of aryl methyl sites for hydroxylation is 2.